The number of fused-ring (bicyclic) bond motifs is 1. The highest BCUT2D eigenvalue weighted by Crippen LogP contribution is 2.39. The summed E-state index contributed by atoms with van der Waals surface area (Å²) in [6, 6.07) is 9.12. The van der Waals surface area contributed by atoms with Crippen molar-refractivity contribution in [2.45, 2.75) is 65.5 Å². The van der Waals surface area contributed by atoms with E-state index in [0.717, 1.165) is 12.8 Å². The van der Waals surface area contributed by atoms with Crippen molar-refractivity contribution < 1.29 is 4.42 Å². The zero-order valence-electron chi connectivity index (χ0n) is 14.6. The van der Waals surface area contributed by atoms with Gasteiger partial charge in [-0.2, -0.15) is 0 Å². The fraction of sp³-hybridized carbons (Fsp3) is 0.579. The van der Waals surface area contributed by atoms with E-state index < -0.39 is 0 Å². The first-order valence-corrected chi connectivity index (χ1v) is 8.58. The van der Waals surface area contributed by atoms with E-state index in [1.807, 2.05) is 0 Å². The highest BCUT2D eigenvalue weighted by Gasteiger charge is 2.29. The third-order valence-corrected chi connectivity index (χ3v) is 4.73. The average molecular weight is 313 g/mol. The Morgan fingerprint density at radius 1 is 1.26 bits per heavy atom. The number of aromatic nitrogens is 2. The summed E-state index contributed by atoms with van der Waals surface area (Å²) >= 11 is 0. The molecule has 1 aromatic heterocycles. The first-order chi connectivity index (χ1) is 10.9. The maximum atomic E-state index is 5.72. The van der Waals surface area contributed by atoms with Gasteiger partial charge in [0.15, 0.2) is 0 Å². The van der Waals surface area contributed by atoms with Gasteiger partial charge < -0.3 is 9.73 Å². The summed E-state index contributed by atoms with van der Waals surface area (Å²) in [5, 5.41) is 11.9. The minimum atomic E-state index is 0.272. The van der Waals surface area contributed by atoms with Crippen LogP contribution in [0.5, 0.6) is 0 Å². The minimum absolute atomic E-state index is 0.272. The van der Waals surface area contributed by atoms with Crippen LogP contribution in [0.25, 0.3) is 0 Å². The van der Waals surface area contributed by atoms with Crippen molar-refractivity contribution in [2.75, 3.05) is 0 Å². The molecule has 1 aromatic carbocycles. The van der Waals surface area contributed by atoms with Crippen molar-refractivity contribution in [3.05, 3.63) is 47.2 Å². The Morgan fingerprint density at radius 3 is 2.78 bits per heavy atom. The van der Waals surface area contributed by atoms with Crippen LogP contribution in [-0.2, 0) is 13.0 Å². The standard InChI is InChI=1S/C19H27N3O/c1-13(2)18-22-21-17(23-18)12-20-16-11-19(3,4)10-9-14-7-5-6-8-15(14)16/h5-8,13,16,20H,9-12H2,1-4H3/t16-/m0/s1. The van der Waals surface area contributed by atoms with Crippen LogP contribution >= 0.6 is 0 Å². The van der Waals surface area contributed by atoms with Gasteiger partial charge in [0.05, 0.1) is 6.54 Å². The smallest absolute Gasteiger partial charge is 0.230 e. The molecule has 0 unspecified atom stereocenters. The number of benzene rings is 1. The Kier molecular flexibility index (Phi) is 4.53. The van der Waals surface area contributed by atoms with E-state index in [9.17, 15) is 0 Å². The molecule has 0 spiro atoms. The second-order valence-corrected chi connectivity index (χ2v) is 7.69. The summed E-state index contributed by atoms with van der Waals surface area (Å²) in [5.41, 5.74) is 3.21. The normalized spacial score (nSPS) is 20.3. The number of nitrogens with zero attached hydrogens (tertiary/aromatic N) is 2. The molecule has 0 fully saturated rings. The van der Waals surface area contributed by atoms with Crippen LogP contribution < -0.4 is 5.32 Å². The molecule has 0 aliphatic heterocycles. The predicted octanol–water partition coefficient (Wildman–Crippen LogP) is 4.39. The zero-order valence-corrected chi connectivity index (χ0v) is 14.6. The minimum Gasteiger partial charge on any atom is -0.424 e. The predicted molar refractivity (Wildman–Crippen MR) is 91.1 cm³/mol. The van der Waals surface area contributed by atoms with Crippen LogP contribution in [0, 0.1) is 5.41 Å². The molecule has 4 nitrogen and oxygen atoms in total. The van der Waals surface area contributed by atoms with Gasteiger partial charge in [0.1, 0.15) is 0 Å². The monoisotopic (exact) mass is 313 g/mol. The lowest BCUT2D eigenvalue weighted by Crippen LogP contribution is -2.25. The molecule has 23 heavy (non-hydrogen) atoms. The van der Waals surface area contributed by atoms with E-state index in [0.29, 0.717) is 29.8 Å². The van der Waals surface area contributed by atoms with E-state index in [1.54, 1.807) is 0 Å². The third-order valence-electron chi connectivity index (χ3n) is 4.73. The molecular formula is C19H27N3O. The highest BCUT2D eigenvalue weighted by molar-refractivity contribution is 5.31. The van der Waals surface area contributed by atoms with Crippen molar-refractivity contribution in [3.63, 3.8) is 0 Å². The van der Waals surface area contributed by atoms with Gasteiger partial charge in [-0.15, -0.1) is 10.2 Å². The summed E-state index contributed by atoms with van der Waals surface area (Å²) in [6.45, 7) is 9.46. The van der Waals surface area contributed by atoms with Gasteiger partial charge in [-0.1, -0.05) is 52.0 Å². The molecule has 1 aliphatic rings. The molecule has 0 radical (unpaired) electrons. The molecule has 1 aliphatic carbocycles. The van der Waals surface area contributed by atoms with Gasteiger partial charge in [0.25, 0.3) is 0 Å². The second-order valence-electron chi connectivity index (χ2n) is 7.69. The molecule has 0 bridgehead atoms. The SMILES string of the molecule is CC(C)c1nnc(CN[C@H]2CC(C)(C)CCc3ccccc32)o1. The fourth-order valence-electron chi connectivity index (χ4n) is 3.30. The quantitative estimate of drug-likeness (QED) is 0.851. The molecule has 1 atom stereocenters. The van der Waals surface area contributed by atoms with E-state index in [2.05, 4.69) is 67.5 Å². The summed E-state index contributed by atoms with van der Waals surface area (Å²) in [4.78, 5) is 0. The lowest BCUT2D eigenvalue weighted by Gasteiger charge is -2.27. The molecule has 1 heterocycles. The fourth-order valence-corrected chi connectivity index (χ4v) is 3.30. The maximum absolute atomic E-state index is 5.72. The van der Waals surface area contributed by atoms with Gasteiger partial charge >= 0.3 is 0 Å². The Labute approximate surface area is 138 Å². The van der Waals surface area contributed by atoms with Gasteiger partial charge in [-0.3, -0.25) is 0 Å². The molecular weight excluding hydrogens is 286 g/mol. The molecule has 124 valence electrons. The third kappa shape index (κ3) is 3.81. The number of aryl methyl sites for hydroxylation is 1. The highest BCUT2D eigenvalue weighted by atomic mass is 16.4. The van der Waals surface area contributed by atoms with Crippen LogP contribution in [0.1, 0.15) is 75.4 Å². The van der Waals surface area contributed by atoms with E-state index >= 15 is 0 Å². The molecule has 1 N–H and O–H groups in total. The average Bonchev–Trinajstić information content (AvgIpc) is 2.94. The molecule has 4 heteroatoms. The Bertz CT molecular complexity index is 660. The number of rotatable bonds is 4. The molecule has 2 aromatic rings. The van der Waals surface area contributed by atoms with Crippen LogP contribution in [0.3, 0.4) is 0 Å². The Balaban J connectivity index is 1.76. The van der Waals surface area contributed by atoms with Crippen LogP contribution in [0.15, 0.2) is 28.7 Å². The van der Waals surface area contributed by atoms with Crippen molar-refractivity contribution in [1.82, 2.24) is 15.5 Å². The topological polar surface area (TPSA) is 51.0 Å². The first kappa shape index (κ1) is 16.2. The van der Waals surface area contributed by atoms with E-state index in [-0.39, 0.29) is 5.92 Å². The summed E-state index contributed by atoms with van der Waals surface area (Å²) < 4.78 is 5.72. The Hall–Kier alpha value is -1.68. The molecule has 0 saturated heterocycles. The maximum Gasteiger partial charge on any atom is 0.230 e. The van der Waals surface area contributed by atoms with Crippen LogP contribution in [0.4, 0.5) is 0 Å². The summed E-state index contributed by atoms with van der Waals surface area (Å²) in [6.07, 6.45) is 3.49. The van der Waals surface area contributed by atoms with Gasteiger partial charge in [-0.25, -0.2) is 0 Å². The zero-order chi connectivity index (χ0) is 16.4. The van der Waals surface area contributed by atoms with E-state index in [1.165, 1.54) is 17.5 Å². The molecule has 3 rings (SSSR count). The van der Waals surface area contributed by atoms with Crippen molar-refractivity contribution in [2.24, 2.45) is 5.41 Å². The van der Waals surface area contributed by atoms with E-state index in [4.69, 9.17) is 4.42 Å². The first-order valence-electron chi connectivity index (χ1n) is 8.58. The van der Waals surface area contributed by atoms with Crippen molar-refractivity contribution in [1.29, 1.82) is 0 Å². The summed E-state index contributed by atoms with van der Waals surface area (Å²) in [5.74, 6) is 1.66. The van der Waals surface area contributed by atoms with Gasteiger partial charge in [0, 0.05) is 12.0 Å². The van der Waals surface area contributed by atoms with Crippen LogP contribution in [0.2, 0.25) is 0 Å². The number of hydrogen-bond donors (Lipinski definition) is 1. The van der Waals surface area contributed by atoms with Gasteiger partial charge in [-0.05, 0) is 35.8 Å². The molecule has 0 saturated carbocycles. The molecule has 0 amide bonds. The summed E-state index contributed by atoms with van der Waals surface area (Å²) in [7, 11) is 0. The lowest BCUT2D eigenvalue weighted by molar-refractivity contribution is 0.268. The number of nitrogens with one attached hydrogen (secondary N) is 1. The number of hydrogen-bond acceptors (Lipinski definition) is 4. The largest absolute Gasteiger partial charge is 0.424 e. The second kappa shape index (κ2) is 6.44. The Morgan fingerprint density at radius 2 is 2.04 bits per heavy atom. The van der Waals surface area contributed by atoms with Crippen LogP contribution in [-0.4, -0.2) is 10.2 Å². The van der Waals surface area contributed by atoms with Gasteiger partial charge in [0.2, 0.25) is 11.8 Å². The van der Waals surface area contributed by atoms with Crippen molar-refractivity contribution in [3.8, 4) is 0 Å². The van der Waals surface area contributed by atoms with Crippen molar-refractivity contribution >= 4 is 0 Å². The lowest BCUT2D eigenvalue weighted by atomic mass is 9.83.